The first kappa shape index (κ1) is 21.0. The lowest BCUT2D eigenvalue weighted by Crippen LogP contribution is -2.44. The van der Waals surface area contributed by atoms with Gasteiger partial charge in [-0.1, -0.05) is 25.1 Å². The molecule has 1 atom stereocenters. The number of hydrogen-bond donors (Lipinski definition) is 1. The molecular formula is C21H31N3O3. The number of hydrogen-bond acceptors (Lipinski definition) is 4. The number of aromatic nitrogens is 1. The maximum atomic E-state index is 13.1. The Morgan fingerprint density at radius 3 is 2.48 bits per heavy atom. The van der Waals surface area contributed by atoms with Crippen molar-refractivity contribution in [3.05, 3.63) is 36.0 Å². The minimum absolute atomic E-state index is 0.157. The van der Waals surface area contributed by atoms with Crippen LogP contribution in [-0.4, -0.2) is 53.8 Å². The number of rotatable bonds is 6. The zero-order chi connectivity index (χ0) is 20.2. The fourth-order valence-electron chi connectivity index (χ4n) is 2.93. The van der Waals surface area contributed by atoms with E-state index in [2.05, 4.69) is 10.2 Å². The Morgan fingerprint density at radius 1 is 1.22 bits per heavy atom. The van der Waals surface area contributed by atoms with Gasteiger partial charge in [0.05, 0.1) is 5.52 Å². The number of nitrogens with one attached hydrogen (secondary N) is 1. The Bertz CT molecular complexity index is 803. The van der Waals surface area contributed by atoms with Crippen LogP contribution in [0.2, 0.25) is 0 Å². The van der Waals surface area contributed by atoms with Crippen LogP contribution in [0, 0.1) is 0 Å². The number of para-hydroxylation sites is 1. The van der Waals surface area contributed by atoms with E-state index in [-0.39, 0.29) is 5.91 Å². The number of amides is 1. The molecule has 0 bridgehead atoms. The van der Waals surface area contributed by atoms with Gasteiger partial charge in [-0.3, -0.25) is 9.36 Å². The van der Waals surface area contributed by atoms with Gasteiger partial charge in [-0.25, -0.2) is 4.79 Å². The van der Waals surface area contributed by atoms with Gasteiger partial charge >= 0.3 is 6.09 Å². The fraction of sp³-hybridized carbons (Fsp3) is 0.524. The van der Waals surface area contributed by atoms with Crippen molar-refractivity contribution in [1.29, 1.82) is 0 Å². The van der Waals surface area contributed by atoms with Gasteiger partial charge in [-0.05, 0) is 59.3 Å². The topological polar surface area (TPSA) is 63.6 Å². The van der Waals surface area contributed by atoms with Crippen LogP contribution in [0.5, 0.6) is 0 Å². The molecule has 2 rings (SSSR count). The van der Waals surface area contributed by atoms with Crippen molar-refractivity contribution in [2.45, 2.75) is 52.2 Å². The minimum Gasteiger partial charge on any atom is -0.444 e. The predicted molar refractivity (Wildman–Crippen MR) is 108 cm³/mol. The number of fused-ring (bicyclic) bond motifs is 1. The Kier molecular flexibility index (Phi) is 6.65. The zero-order valence-electron chi connectivity index (χ0n) is 17.2. The molecule has 1 amide bonds. The molecule has 0 aliphatic rings. The monoisotopic (exact) mass is 373 g/mol. The molecule has 6 heteroatoms. The normalized spacial score (nSPS) is 13.0. The quantitative estimate of drug-likeness (QED) is 0.839. The van der Waals surface area contributed by atoms with Crippen LogP contribution in [0.15, 0.2) is 30.5 Å². The summed E-state index contributed by atoms with van der Waals surface area (Å²) in [4.78, 5) is 27.4. The van der Waals surface area contributed by atoms with Gasteiger partial charge in [0.2, 0.25) is 0 Å². The second-order valence-electron chi connectivity index (χ2n) is 8.04. The number of likely N-dealkylation sites (N-methyl/N-ethyl adjacent to an activating group) is 1. The Balaban J connectivity index is 2.28. The molecule has 1 aromatic heterocycles. The SMILES string of the molecule is CCC(NC(=O)OC(C)(C)C)C(=O)n1cc(CCN(C)C)c2ccccc21. The lowest BCUT2D eigenvalue weighted by molar-refractivity contribution is 0.0481. The molecule has 1 N–H and O–H groups in total. The average Bonchev–Trinajstić information content (AvgIpc) is 2.94. The Morgan fingerprint density at radius 2 is 1.89 bits per heavy atom. The summed E-state index contributed by atoms with van der Waals surface area (Å²) in [6.45, 7) is 8.16. The van der Waals surface area contributed by atoms with Gasteiger partial charge < -0.3 is 15.0 Å². The van der Waals surface area contributed by atoms with Crippen LogP contribution < -0.4 is 5.32 Å². The summed E-state index contributed by atoms with van der Waals surface area (Å²) in [6, 6.07) is 7.23. The molecule has 148 valence electrons. The van der Waals surface area contributed by atoms with E-state index in [0.717, 1.165) is 29.4 Å². The summed E-state index contributed by atoms with van der Waals surface area (Å²) in [5.74, 6) is -0.157. The third kappa shape index (κ3) is 5.57. The highest BCUT2D eigenvalue weighted by Crippen LogP contribution is 2.23. The standard InChI is InChI=1S/C21H31N3O3/c1-7-17(22-20(26)27-21(2,3)4)19(25)24-14-15(12-13-23(5)6)16-10-8-9-11-18(16)24/h8-11,14,17H,7,12-13H2,1-6H3,(H,22,26). The van der Waals surface area contributed by atoms with Crippen molar-refractivity contribution in [1.82, 2.24) is 14.8 Å². The summed E-state index contributed by atoms with van der Waals surface area (Å²) in [7, 11) is 4.06. The number of alkyl carbamates (subject to hydrolysis) is 1. The number of carbonyl (C=O) groups is 2. The Hall–Kier alpha value is -2.34. The van der Waals surface area contributed by atoms with Gasteiger partial charge in [-0.15, -0.1) is 0 Å². The van der Waals surface area contributed by atoms with E-state index in [1.165, 1.54) is 0 Å². The molecule has 0 saturated heterocycles. The van der Waals surface area contributed by atoms with Crippen LogP contribution in [0.3, 0.4) is 0 Å². The minimum atomic E-state index is -0.641. The average molecular weight is 373 g/mol. The van der Waals surface area contributed by atoms with Crippen molar-refractivity contribution in [3.8, 4) is 0 Å². The van der Waals surface area contributed by atoms with Crippen molar-refractivity contribution >= 4 is 22.9 Å². The van der Waals surface area contributed by atoms with Crippen molar-refractivity contribution in [3.63, 3.8) is 0 Å². The summed E-state index contributed by atoms with van der Waals surface area (Å²) in [5, 5.41) is 3.78. The number of benzene rings is 1. The van der Waals surface area contributed by atoms with Gasteiger partial charge in [0.15, 0.2) is 0 Å². The first-order valence-electron chi connectivity index (χ1n) is 9.39. The molecule has 1 aromatic carbocycles. The maximum absolute atomic E-state index is 13.1. The highest BCUT2D eigenvalue weighted by molar-refractivity contribution is 5.97. The third-order valence-corrected chi connectivity index (χ3v) is 4.26. The molecular weight excluding hydrogens is 342 g/mol. The molecule has 0 spiro atoms. The van der Waals surface area contributed by atoms with E-state index in [1.807, 2.05) is 51.5 Å². The van der Waals surface area contributed by atoms with Crippen molar-refractivity contribution < 1.29 is 14.3 Å². The van der Waals surface area contributed by atoms with Crippen LogP contribution in [0.4, 0.5) is 4.79 Å². The maximum Gasteiger partial charge on any atom is 0.408 e. The van der Waals surface area contributed by atoms with Crippen LogP contribution >= 0.6 is 0 Å². The molecule has 0 radical (unpaired) electrons. The number of ether oxygens (including phenoxy) is 1. The van der Waals surface area contributed by atoms with E-state index < -0.39 is 17.7 Å². The largest absolute Gasteiger partial charge is 0.444 e. The van der Waals surface area contributed by atoms with Crippen LogP contribution in [-0.2, 0) is 11.2 Å². The van der Waals surface area contributed by atoms with Gasteiger partial charge in [-0.2, -0.15) is 0 Å². The van der Waals surface area contributed by atoms with Gasteiger partial charge in [0.25, 0.3) is 5.91 Å². The van der Waals surface area contributed by atoms with Crippen molar-refractivity contribution in [2.75, 3.05) is 20.6 Å². The van der Waals surface area contributed by atoms with E-state index in [1.54, 1.807) is 25.3 Å². The molecule has 1 unspecified atom stereocenters. The summed E-state index contributed by atoms with van der Waals surface area (Å²) in [6.07, 6.45) is 2.66. The first-order chi connectivity index (χ1) is 12.6. The lowest BCUT2D eigenvalue weighted by atomic mass is 10.1. The number of nitrogens with zero attached hydrogens (tertiary/aromatic N) is 2. The van der Waals surface area contributed by atoms with E-state index in [4.69, 9.17) is 4.74 Å². The zero-order valence-corrected chi connectivity index (χ0v) is 17.2. The smallest absolute Gasteiger partial charge is 0.408 e. The fourth-order valence-corrected chi connectivity index (χ4v) is 2.93. The molecule has 1 heterocycles. The molecule has 27 heavy (non-hydrogen) atoms. The molecule has 0 saturated carbocycles. The second-order valence-corrected chi connectivity index (χ2v) is 8.04. The third-order valence-electron chi connectivity index (χ3n) is 4.26. The summed E-state index contributed by atoms with van der Waals surface area (Å²) < 4.78 is 6.96. The molecule has 2 aromatic rings. The predicted octanol–water partition coefficient (Wildman–Crippen LogP) is 3.69. The van der Waals surface area contributed by atoms with Gasteiger partial charge in [0.1, 0.15) is 11.6 Å². The van der Waals surface area contributed by atoms with Crippen LogP contribution in [0.1, 0.15) is 44.5 Å². The van der Waals surface area contributed by atoms with E-state index >= 15 is 0 Å². The van der Waals surface area contributed by atoms with E-state index in [0.29, 0.717) is 6.42 Å². The summed E-state index contributed by atoms with van der Waals surface area (Å²) >= 11 is 0. The Labute approximate surface area is 161 Å². The second kappa shape index (κ2) is 8.57. The molecule has 6 nitrogen and oxygen atoms in total. The highest BCUT2D eigenvalue weighted by atomic mass is 16.6. The summed E-state index contributed by atoms with van der Waals surface area (Å²) in [5.41, 5.74) is 1.38. The number of carbonyl (C=O) groups excluding carboxylic acids is 2. The molecule has 0 aliphatic carbocycles. The van der Waals surface area contributed by atoms with Gasteiger partial charge in [0, 0.05) is 18.1 Å². The molecule has 0 aliphatic heterocycles. The highest BCUT2D eigenvalue weighted by Gasteiger charge is 2.25. The first-order valence-corrected chi connectivity index (χ1v) is 9.39. The lowest BCUT2D eigenvalue weighted by Gasteiger charge is -2.22. The van der Waals surface area contributed by atoms with Crippen molar-refractivity contribution in [2.24, 2.45) is 0 Å². The molecule has 0 fully saturated rings. The van der Waals surface area contributed by atoms with Crippen LogP contribution in [0.25, 0.3) is 10.9 Å². The van der Waals surface area contributed by atoms with E-state index in [9.17, 15) is 9.59 Å².